The van der Waals surface area contributed by atoms with Crippen LogP contribution in [0.15, 0.2) is 63.6 Å². The van der Waals surface area contributed by atoms with E-state index in [9.17, 15) is 9.59 Å². The minimum absolute atomic E-state index is 0.0830. The molecule has 0 spiro atoms. The predicted molar refractivity (Wildman–Crippen MR) is 115 cm³/mol. The molecule has 1 saturated heterocycles. The van der Waals surface area contributed by atoms with E-state index in [0.29, 0.717) is 5.02 Å². The maximum Gasteiger partial charge on any atom is 0.316 e. The summed E-state index contributed by atoms with van der Waals surface area (Å²) >= 11 is 7.97. The second kappa shape index (κ2) is 8.89. The van der Waals surface area contributed by atoms with Crippen LogP contribution in [0.3, 0.4) is 0 Å². The number of carboxylic acids is 1. The van der Waals surface area contributed by atoms with Crippen molar-refractivity contribution >= 4 is 47.0 Å². The van der Waals surface area contributed by atoms with Gasteiger partial charge in [0, 0.05) is 27.2 Å². The molecule has 2 atom stereocenters. The molecular formula is C21H18ClN3O4S. The van der Waals surface area contributed by atoms with Crippen LogP contribution in [0.25, 0.3) is 0 Å². The Kier molecular flexibility index (Phi) is 6.06. The number of aliphatic carboxylic acids is 1. The molecule has 2 aliphatic heterocycles. The lowest BCUT2D eigenvalue weighted by Crippen LogP contribution is -2.27. The maximum absolute atomic E-state index is 11.9. The van der Waals surface area contributed by atoms with Gasteiger partial charge in [0.15, 0.2) is 6.10 Å². The van der Waals surface area contributed by atoms with Crippen LogP contribution in [-0.4, -0.2) is 40.6 Å². The van der Waals surface area contributed by atoms with Gasteiger partial charge in [0.2, 0.25) is 0 Å². The fourth-order valence-electron chi connectivity index (χ4n) is 3.35. The van der Waals surface area contributed by atoms with Crippen LogP contribution in [-0.2, 0) is 20.7 Å². The van der Waals surface area contributed by atoms with Gasteiger partial charge in [0.05, 0.1) is 12.1 Å². The third-order valence-corrected chi connectivity index (χ3v) is 6.23. The van der Waals surface area contributed by atoms with Crippen LogP contribution in [0.1, 0.15) is 17.5 Å². The van der Waals surface area contributed by atoms with E-state index >= 15 is 0 Å². The lowest BCUT2D eigenvalue weighted by atomic mass is 9.91. The molecule has 2 aliphatic rings. The van der Waals surface area contributed by atoms with Crippen molar-refractivity contribution in [2.45, 2.75) is 23.8 Å². The number of nitrogens with one attached hydrogen (secondary N) is 1. The number of amides is 1. The quantitative estimate of drug-likeness (QED) is 0.690. The Morgan fingerprint density at radius 3 is 2.80 bits per heavy atom. The Labute approximate surface area is 182 Å². The molecule has 1 amide bonds. The summed E-state index contributed by atoms with van der Waals surface area (Å²) in [5.41, 5.74) is 2.83. The summed E-state index contributed by atoms with van der Waals surface area (Å²) in [6.07, 6.45) is -0.768. The Balaban J connectivity index is 1.65. The van der Waals surface area contributed by atoms with Crippen LogP contribution in [0.5, 0.6) is 0 Å². The summed E-state index contributed by atoms with van der Waals surface area (Å²) in [7, 11) is 0. The summed E-state index contributed by atoms with van der Waals surface area (Å²) in [4.78, 5) is 23.8. The SMILES string of the molecule is O=C(O)CC1OC(=NN=C2c3cc(Cl)ccc3SCC2Cc2ccccc2)NC1=O. The van der Waals surface area contributed by atoms with Crippen LogP contribution < -0.4 is 5.32 Å². The van der Waals surface area contributed by atoms with E-state index in [2.05, 4.69) is 27.7 Å². The molecule has 154 valence electrons. The first kappa shape index (κ1) is 20.4. The van der Waals surface area contributed by atoms with Crippen molar-refractivity contribution in [1.82, 2.24) is 5.32 Å². The molecular weight excluding hydrogens is 426 g/mol. The summed E-state index contributed by atoms with van der Waals surface area (Å²) in [5, 5.41) is 20.4. The normalized spacial score (nSPS) is 23.2. The smallest absolute Gasteiger partial charge is 0.316 e. The van der Waals surface area contributed by atoms with Gasteiger partial charge in [-0.15, -0.1) is 16.9 Å². The second-order valence-corrected chi connectivity index (χ2v) is 8.42. The van der Waals surface area contributed by atoms with Crippen molar-refractivity contribution in [3.63, 3.8) is 0 Å². The molecule has 2 N–H and O–H groups in total. The molecule has 2 aromatic rings. The second-order valence-electron chi connectivity index (χ2n) is 6.92. The number of amidine groups is 1. The number of fused-ring (bicyclic) bond motifs is 1. The number of hydrogen-bond donors (Lipinski definition) is 2. The first-order chi connectivity index (χ1) is 14.5. The van der Waals surface area contributed by atoms with Gasteiger partial charge in [0.25, 0.3) is 5.91 Å². The maximum atomic E-state index is 11.9. The number of carbonyl (C=O) groups is 2. The molecule has 4 rings (SSSR count). The lowest BCUT2D eigenvalue weighted by Gasteiger charge is -2.26. The molecule has 2 aromatic carbocycles. The van der Waals surface area contributed by atoms with Gasteiger partial charge < -0.3 is 9.84 Å². The zero-order valence-electron chi connectivity index (χ0n) is 15.7. The monoisotopic (exact) mass is 443 g/mol. The Morgan fingerprint density at radius 1 is 1.23 bits per heavy atom. The minimum atomic E-state index is -1.13. The zero-order valence-corrected chi connectivity index (χ0v) is 17.3. The molecule has 30 heavy (non-hydrogen) atoms. The Bertz CT molecular complexity index is 1040. The van der Waals surface area contributed by atoms with Crippen molar-refractivity contribution in [3.8, 4) is 0 Å². The van der Waals surface area contributed by atoms with E-state index in [4.69, 9.17) is 21.4 Å². The lowest BCUT2D eigenvalue weighted by molar-refractivity contribution is -0.141. The number of rotatable bonds is 5. The number of benzene rings is 2. The fraction of sp³-hybridized carbons (Fsp3) is 0.238. The van der Waals surface area contributed by atoms with Crippen LogP contribution >= 0.6 is 23.4 Å². The van der Waals surface area contributed by atoms with Gasteiger partial charge in [-0.1, -0.05) is 47.0 Å². The van der Waals surface area contributed by atoms with Crippen molar-refractivity contribution in [1.29, 1.82) is 0 Å². The van der Waals surface area contributed by atoms with Gasteiger partial charge >= 0.3 is 12.0 Å². The number of carbonyl (C=O) groups excluding carboxylic acids is 1. The highest BCUT2D eigenvalue weighted by molar-refractivity contribution is 7.99. The minimum Gasteiger partial charge on any atom is -0.481 e. The standard InChI is InChI=1S/C21H18ClN3O4S/c22-14-6-7-17-15(9-14)19(13(11-30-17)8-12-4-2-1-3-5-12)24-25-21-23-20(28)16(29-21)10-18(26)27/h1-7,9,13,16H,8,10-11H2,(H,26,27)(H,23,25,28). The van der Waals surface area contributed by atoms with Gasteiger partial charge in [-0.3, -0.25) is 14.9 Å². The summed E-state index contributed by atoms with van der Waals surface area (Å²) in [5.74, 6) is -0.764. The molecule has 2 heterocycles. The third-order valence-electron chi connectivity index (χ3n) is 4.75. The topological polar surface area (TPSA) is 100 Å². The molecule has 9 heteroatoms. The average Bonchev–Trinajstić information content (AvgIpc) is 3.06. The average molecular weight is 444 g/mol. The fourth-order valence-corrected chi connectivity index (χ4v) is 4.66. The van der Waals surface area contributed by atoms with Gasteiger partial charge in [0.1, 0.15) is 0 Å². The first-order valence-electron chi connectivity index (χ1n) is 9.31. The molecule has 0 radical (unpaired) electrons. The molecule has 0 aliphatic carbocycles. The number of nitrogens with zero attached hydrogens (tertiary/aromatic N) is 2. The predicted octanol–water partition coefficient (Wildman–Crippen LogP) is 3.35. The third kappa shape index (κ3) is 4.66. The Hall–Kier alpha value is -2.84. The molecule has 1 fully saturated rings. The van der Waals surface area contributed by atoms with Crippen LogP contribution in [0.2, 0.25) is 5.02 Å². The van der Waals surface area contributed by atoms with Gasteiger partial charge in [-0.25, -0.2) is 0 Å². The summed E-state index contributed by atoms with van der Waals surface area (Å²) < 4.78 is 5.31. The number of halogens is 1. The van der Waals surface area contributed by atoms with E-state index in [1.165, 1.54) is 5.56 Å². The van der Waals surface area contributed by atoms with E-state index in [1.54, 1.807) is 11.8 Å². The van der Waals surface area contributed by atoms with Crippen molar-refractivity contribution < 1.29 is 19.4 Å². The molecule has 2 unspecified atom stereocenters. The Morgan fingerprint density at radius 2 is 2.03 bits per heavy atom. The molecule has 7 nitrogen and oxygen atoms in total. The first-order valence-corrected chi connectivity index (χ1v) is 10.7. The highest BCUT2D eigenvalue weighted by atomic mass is 35.5. The number of carboxylic acid groups (broad SMARTS) is 1. The van der Waals surface area contributed by atoms with Crippen molar-refractivity contribution in [2.24, 2.45) is 16.1 Å². The number of hydrogen-bond acceptors (Lipinski definition) is 6. The summed E-state index contributed by atoms with van der Waals surface area (Å²) in [6, 6.07) is 15.7. The van der Waals surface area contributed by atoms with E-state index in [0.717, 1.165) is 28.3 Å². The molecule has 0 bridgehead atoms. The highest BCUT2D eigenvalue weighted by Crippen LogP contribution is 2.36. The molecule has 0 saturated carbocycles. The van der Waals surface area contributed by atoms with E-state index < -0.39 is 24.4 Å². The van der Waals surface area contributed by atoms with Crippen LogP contribution in [0.4, 0.5) is 0 Å². The van der Waals surface area contributed by atoms with Gasteiger partial charge in [-0.05, 0) is 30.2 Å². The molecule has 0 aromatic heterocycles. The zero-order chi connectivity index (χ0) is 21.1. The largest absolute Gasteiger partial charge is 0.481 e. The van der Waals surface area contributed by atoms with Gasteiger partial charge in [-0.2, -0.15) is 0 Å². The highest BCUT2D eigenvalue weighted by Gasteiger charge is 2.33. The van der Waals surface area contributed by atoms with Crippen molar-refractivity contribution in [3.05, 3.63) is 64.7 Å². The van der Waals surface area contributed by atoms with E-state index in [-0.39, 0.29) is 11.9 Å². The number of ether oxygens (including phenoxy) is 1. The number of thioether (sulfide) groups is 1. The van der Waals surface area contributed by atoms with Crippen LogP contribution in [0, 0.1) is 5.92 Å². The van der Waals surface area contributed by atoms with E-state index in [1.807, 2.05) is 36.4 Å². The van der Waals surface area contributed by atoms with Crippen molar-refractivity contribution in [2.75, 3.05) is 5.75 Å². The summed E-state index contributed by atoms with van der Waals surface area (Å²) in [6.45, 7) is 0.